The Morgan fingerprint density at radius 2 is 2.04 bits per heavy atom. The van der Waals surface area contributed by atoms with Crippen LogP contribution in [0.2, 0.25) is 0 Å². The van der Waals surface area contributed by atoms with Crippen LogP contribution in [0.1, 0.15) is 39.3 Å². The molecule has 0 aliphatic carbocycles. The number of rotatable bonds is 4. The molecule has 0 unspecified atom stereocenters. The Morgan fingerprint density at radius 1 is 1.28 bits per heavy atom. The van der Waals surface area contributed by atoms with Crippen LogP contribution in [0.3, 0.4) is 0 Å². The average Bonchev–Trinajstić information content (AvgIpc) is 3.07. The van der Waals surface area contributed by atoms with Gasteiger partial charge in [-0.05, 0) is 49.9 Å². The summed E-state index contributed by atoms with van der Waals surface area (Å²) < 4.78 is 5.18. The Morgan fingerprint density at radius 3 is 2.68 bits per heavy atom. The summed E-state index contributed by atoms with van der Waals surface area (Å²) in [5, 5.41) is 12.0. The smallest absolute Gasteiger partial charge is 0.291 e. The lowest BCUT2D eigenvalue weighted by molar-refractivity contribution is 0.0650. The predicted octanol–water partition coefficient (Wildman–Crippen LogP) is 2.68. The van der Waals surface area contributed by atoms with Gasteiger partial charge in [0.25, 0.3) is 11.8 Å². The van der Waals surface area contributed by atoms with E-state index in [9.17, 15) is 14.7 Å². The van der Waals surface area contributed by atoms with Crippen molar-refractivity contribution in [2.45, 2.75) is 19.8 Å². The summed E-state index contributed by atoms with van der Waals surface area (Å²) in [5.41, 5.74) is 1.85. The van der Waals surface area contributed by atoms with Crippen molar-refractivity contribution >= 4 is 17.5 Å². The molecule has 6 nitrogen and oxygen atoms in total. The largest absolute Gasteiger partial charge is 0.459 e. The number of anilines is 1. The van der Waals surface area contributed by atoms with Gasteiger partial charge in [-0.1, -0.05) is 6.07 Å². The quantitative estimate of drug-likeness (QED) is 0.895. The maximum Gasteiger partial charge on any atom is 0.291 e. The molecule has 25 heavy (non-hydrogen) atoms. The number of nitrogens with one attached hydrogen (secondary N) is 1. The molecule has 0 spiro atoms. The number of hydrogen-bond acceptors (Lipinski definition) is 4. The van der Waals surface area contributed by atoms with Gasteiger partial charge in [-0.3, -0.25) is 9.59 Å². The number of benzene rings is 1. The molecular weight excluding hydrogens is 320 g/mol. The number of likely N-dealkylation sites (tertiary alicyclic amines) is 1. The van der Waals surface area contributed by atoms with Gasteiger partial charge in [0.05, 0.1) is 6.26 Å². The van der Waals surface area contributed by atoms with Crippen LogP contribution < -0.4 is 5.32 Å². The predicted molar refractivity (Wildman–Crippen MR) is 93.6 cm³/mol. The molecule has 6 heteroatoms. The van der Waals surface area contributed by atoms with E-state index in [2.05, 4.69) is 5.32 Å². The first-order valence-electron chi connectivity index (χ1n) is 8.44. The number of amides is 2. The number of aryl methyl sites for hydroxylation is 1. The lowest BCUT2D eigenvalue weighted by Crippen LogP contribution is -2.39. The molecule has 1 aliphatic rings. The minimum absolute atomic E-state index is 0.0540. The van der Waals surface area contributed by atoms with Gasteiger partial charge in [0, 0.05) is 36.5 Å². The molecule has 1 aromatic heterocycles. The van der Waals surface area contributed by atoms with Crippen LogP contribution in [-0.4, -0.2) is 41.5 Å². The number of hydrogen-bond donors (Lipinski definition) is 2. The summed E-state index contributed by atoms with van der Waals surface area (Å²) in [6.07, 6.45) is 3.10. The SMILES string of the molecule is Cc1ccoc1C(=O)Nc1cccc(C(=O)N2CCC(CO)CC2)c1. The molecule has 0 atom stereocenters. The van der Waals surface area contributed by atoms with E-state index in [4.69, 9.17) is 4.42 Å². The van der Waals surface area contributed by atoms with Crippen LogP contribution in [0.25, 0.3) is 0 Å². The van der Waals surface area contributed by atoms with Gasteiger partial charge in [0.15, 0.2) is 5.76 Å². The fraction of sp³-hybridized carbons (Fsp3) is 0.368. The van der Waals surface area contributed by atoms with Crippen molar-refractivity contribution < 1.29 is 19.1 Å². The first-order valence-corrected chi connectivity index (χ1v) is 8.44. The second kappa shape index (κ2) is 7.53. The van der Waals surface area contributed by atoms with Gasteiger partial charge in [-0.15, -0.1) is 0 Å². The summed E-state index contributed by atoms with van der Waals surface area (Å²) in [6, 6.07) is 8.64. The van der Waals surface area contributed by atoms with Crippen molar-refractivity contribution in [2.75, 3.05) is 25.0 Å². The molecule has 2 aromatic rings. The maximum atomic E-state index is 12.6. The van der Waals surface area contributed by atoms with Crippen molar-refractivity contribution in [2.24, 2.45) is 5.92 Å². The molecule has 1 aromatic carbocycles. The zero-order chi connectivity index (χ0) is 17.8. The number of carbonyl (C=O) groups is 2. The van der Waals surface area contributed by atoms with E-state index in [-0.39, 0.29) is 30.1 Å². The number of nitrogens with zero attached hydrogens (tertiary/aromatic N) is 1. The number of piperidine rings is 1. The van der Waals surface area contributed by atoms with E-state index in [1.54, 1.807) is 42.2 Å². The van der Waals surface area contributed by atoms with Gasteiger partial charge in [0.2, 0.25) is 0 Å². The summed E-state index contributed by atoms with van der Waals surface area (Å²) in [7, 11) is 0. The number of aliphatic hydroxyl groups excluding tert-OH is 1. The van der Waals surface area contributed by atoms with Gasteiger partial charge in [-0.25, -0.2) is 0 Å². The van der Waals surface area contributed by atoms with E-state index >= 15 is 0 Å². The van der Waals surface area contributed by atoms with Crippen LogP contribution in [0.4, 0.5) is 5.69 Å². The highest BCUT2D eigenvalue weighted by Gasteiger charge is 2.23. The van der Waals surface area contributed by atoms with E-state index in [1.807, 2.05) is 0 Å². The summed E-state index contributed by atoms with van der Waals surface area (Å²) in [5.74, 6) is 0.159. The lowest BCUT2D eigenvalue weighted by atomic mass is 9.97. The van der Waals surface area contributed by atoms with Crippen molar-refractivity contribution in [3.63, 3.8) is 0 Å². The Balaban J connectivity index is 1.68. The Hall–Kier alpha value is -2.60. The lowest BCUT2D eigenvalue weighted by Gasteiger charge is -2.31. The zero-order valence-corrected chi connectivity index (χ0v) is 14.2. The van der Waals surface area contributed by atoms with Crippen LogP contribution in [0, 0.1) is 12.8 Å². The van der Waals surface area contributed by atoms with Crippen LogP contribution in [0.5, 0.6) is 0 Å². The standard InChI is InChI=1S/C19H22N2O4/c1-13-7-10-25-17(13)18(23)20-16-4-2-3-15(11-16)19(24)21-8-5-14(12-22)6-9-21/h2-4,7,10-11,14,22H,5-6,8-9,12H2,1H3,(H,20,23). The van der Waals surface area contributed by atoms with Crippen molar-refractivity contribution in [3.05, 3.63) is 53.5 Å². The normalized spacial score (nSPS) is 15.2. The fourth-order valence-electron chi connectivity index (χ4n) is 3.02. The molecule has 2 amide bonds. The third-order valence-corrected chi connectivity index (χ3v) is 4.60. The van der Waals surface area contributed by atoms with Crippen molar-refractivity contribution in [1.29, 1.82) is 0 Å². The highest BCUT2D eigenvalue weighted by atomic mass is 16.3. The van der Waals surface area contributed by atoms with E-state index in [0.717, 1.165) is 18.4 Å². The number of aliphatic hydroxyl groups is 1. The molecule has 0 bridgehead atoms. The monoisotopic (exact) mass is 342 g/mol. The second-order valence-corrected chi connectivity index (χ2v) is 6.39. The molecule has 1 saturated heterocycles. The highest BCUT2D eigenvalue weighted by Crippen LogP contribution is 2.20. The molecule has 2 heterocycles. The van der Waals surface area contributed by atoms with Crippen molar-refractivity contribution in [1.82, 2.24) is 4.90 Å². The van der Waals surface area contributed by atoms with Gasteiger partial charge < -0.3 is 19.7 Å². The minimum Gasteiger partial charge on any atom is -0.459 e. The second-order valence-electron chi connectivity index (χ2n) is 6.39. The maximum absolute atomic E-state index is 12.6. The molecule has 132 valence electrons. The van der Waals surface area contributed by atoms with E-state index in [0.29, 0.717) is 24.3 Å². The summed E-state index contributed by atoms with van der Waals surface area (Å²) in [6.45, 7) is 3.27. The Kier molecular flexibility index (Phi) is 5.19. The topological polar surface area (TPSA) is 82.8 Å². The number of furan rings is 1. The highest BCUT2D eigenvalue weighted by molar-refractivity contribution is 6.04. The van der Waals surface area contributed by atoms with Gasteiger partial charge >= 0.3 is 0 Å². The molecule has 3 rings (SSSR count). The third kappa shape index (κ3) is 3.91. The molecule has 2 N–H and O–H groups in total. The fourth-order valence-corrected chi connectivity index (χ4v) is 3.02. The Labute approximate surface area is 146 Å². The molecule has 0 radical (unpaired) electrons. The Bertz CT molecular complexity index is 760. The average molecular weight is 342 g/mol. The summed E-state index contributed by atoms with van der Waals surface area (Å²) >= 11 is 0. The number of carbonyl (C=O) groups excluding carboxylic acids is 2. The molecular formula is C19H22N2O4. The van der Waals surface area contributed by atoms with Crippen LogP contribution in [-0.2, 0) is 0 Å². The molecule has 1 aliphatic heterocycles. The molecule has 0 saturated carbocycles. The summed E-state index contributed by atoms with van der Waals surface area (Å²) in [4.78, 5) is 26.7. The van der Waals surface area contributed by atoms with E-state index in [1.165, 1.54) is 6.26 Å². The minimum atomic E-state index is -0.337. The van der Waals surface area contributed by atoms with Gasteiger partial charge in [-0.2, -0.15) is 0 Å². The van der Waals surface area contributed by atoms with Crippen molar-refractivity contribution in [3.8, 4) is 0 Å². The first kappa shape index (κ1) is 17.2. The van der Waals surface area contributed by atoms with Crippen LogP contribution >= 0.6 is 0 Å². The third-order valence-electron chi connectivity index (χ3n) is 4.60. The molecule has 1 fully saturated rings. The van der Waals surface area contributed by atoms with Crippen LogP contribution in [0.15, 0.2) is 41.0 Å². The zero-order valence-electron chi connectivity index (χ0n) is 14.2. The van der Waals surface area contributed by atoms with E-state index < -0.39 is 0 Å². The first-order chi connectivity index (χ1) is 12.1. The van der Waals surface area contributed by atoms with Gasteiger partial charge in [0.1, 0.15) is 0 Å².